The van der Waals surface area contributed by atoms with Gasteiger partial charge in [0, 0.05) is 10.7 Å². The largest absolute Gasteiger partial charge is 0.493 e. The van der Waals surface area contributed by atoms with Crippen LogP contribution in [0.3, 0.4) is 0 Å². The monoisotopic (exact) mass is 574 g/mol. The summed E-state index contributed by atoms with van der Waals surface area (Å²) in [6, 6.07) is 16.1. The Kier molecular flexibility index (Phi) is 8.22. The Morgan fingerprint density at radius 2 is 1.80 bits per heavy atom. The van der Waals surface area contributed by atoms with Crippen LogP contribution in [0.5, 0.6) is 11.5 Å². The lowest BCUT2D eigenvalue weighted by Gasteiger charge is -2.14. The van der Waals surface area contributed by atoms with Gasteiger partial charge in [-0.1, -0.05) is 35.4 Å². The number of nitrogens with one attached hydrogen (secondary N) is 1. The van der Waals surface area contributed by atoms with E-state index in [1.54, 1.807) is 30.3 Å². The summed E-state index contributed by atoms with van der Waals surface area (Å²) in [6.07, 6.45) is 1.34. The second-order valence-corrected chi connectivity index (χ2v) is 10.3. The van der Waals surface area contributed by atoms with Crippen LogP contribution in [0.15, 0.2) is 69.5 Å². The van der Waals surface area contributed by atoms with Gasteiger partial charge in [-0.2, -0.15) is 13.7 Å². The fourth-order valence-electron chi connectivity index (χ4n) is 2.95. The summed E-state index contributed by atoms with van der Waals surface area (Å²) >= 11 is 9.39. The molecule has 0 fully saturated rings. The van der Waals surface area contributed by atoms with Gasteiger partial charge in [-0.3, -0.25) is 4.79 Å². The average molecular weight is 576 g/mol. The van der Waals surface area contributed by atoms with Crippen LogP contribution in [0.4, 0.5) is 5.69 Å². The normalized spacial score (nSPS) is 11.5. The number of hydrogen-bond donors (Lipinski definition) is 1. The molecule has 0 aromatic heterocycles. The predicted octanol–water partition coefficient (Wildman–Crippen LogP) is 6.04. The van der Waals surface area contributed by atoms with E-state index in [2.05, 4.69) is 21.2 Å². The standard InChI is InChI=1S/C25H20BrClN2O5S/c1-15-4-8-20(9-5-15)35(31,32)34-24-21(26)11-17(12-23(24)33-3)10-18(14-28)25(30)29-19-7-6-16(2)22(27)13-19/h4-13H,1-3H3,(H,29,30)/b18-10+. The molecule has 3 aromatic carbocycles. The third kappa shape index (κ3) is 6.42. The Bertz CT molecular complexity index is 1460. The number of anilines is 1. The number of carbonyl (C=O) groups excluding carboxylic acids is 1. The van der Waals surface area contributed by atoms with E-state index in [0.29, 0.717) is 16.3 Å². The number of rotatable bonds is 7. The first-order valence-corrected chi connectivity index (χ1v) is 12.7. The van der Waals surface area contributed by atoms with Crippen molar-refractivity contribution >= 4 is 55.3 Å². The van der Waals surface area contributed by atoms with Crippen molar-refractivity contribution in [3.63, 3.8) is 0 Å². The zero-order valence-electron chi connectivity index (χ0n) is 18.9. The number of ether oxygens (including phenoxy) is 1. The number of halogens is 2. The van der Waals surface area contributed by atoms with E-state index >= 15 is 0 Å². The van der Waals surface area contributed by atoms with Crippen molar-refractivity contribution in [2.45, 2.75) is 18.7 Å². The van der Waals surface area contributed by atoms with Crippen LogP contribution in [-0.2, 0) is 14.9 Å². The van der Waals surface area contributed by atoms with Gasteiger partial charge in [0.1, 0.15) is 16.5 Å². The summed E-state index contributed by atoms with van der Waals surface area (Å²) < 4.78 is 36.4. The summed E-state index contributed by atoms with van der Waals surface area (Å²) in [5.74, 6) is -0.614. The SMILES string of the molecule is COc1cc(/C=C(\C#N)C(=O)Nc2ccc(C)c(Cl)c2)cc(Br)c1OS(=O)(=O)c1ccc(C)cc1. The van der Waals surface area contributed by atoms with Crippen molar-refractivity contribution in [1.29, 1.82) is 5.26 Å². The van der Waals surface area contributed by atoms with Crippen molar-refractivity contribution in [3.8, 4) is 17.6 Å². The highest BCUT2D eigenvalue weighted by molar-refractivity contribution is 9.10. The molecular formula is C25H20BrClN2O5S. The number of hydrogen-bond acceptors (Lipinski definition) is 6. The van der Waals surface area contributed by atoms with Gasteiger partial charge in [0.2, 0.25) is 0 Å². The summed E-state index contributed by atoms with van der Waals surface area (Å²) in [6.45, 7) is 3.67. The van der Waals surface area contributed by atoms with Gasteiger partial charge < -0.3 is 14.2 Å². The minimum atomic E-state index is -4.13. The fourth-order valence-corrected chi connectivity index (χ4v) is 4.74. The summed E-state index contributed by atoms with van der Waals surface area (Å²) in [5.41, 5.74) is 2.42. The molecule has 3 aromatic rings. The first-order valence-electron chi connectivity index (χ1n) is 10.1. The Morgan fingerprint density at radius 3 is 2.40 bits per heavy atom. The number of nitriles is 1. The van der Waals surface area contributed by atoms with E-state index in [4.69, 9.17) is 20.5 Å². The first kappa shape index (κ1) is 26.3. The lowest BCUT2D eigenvalue weighted by Crippen LogP contribution is -2.13. The number of benzene rings is 3. The molecule has 0 aliphatic heterocycles. The molecule has 0 aliphatic carbocycles. The van der Waals surface area contributed by atoms with Crippen LogP contribution in [0.25, 0.3) is 6.08 Å². The third-order valence-electron chi connectivity index (χ3n) is 4.86. The van der Waals surface area contributed by atoms with Crippen LogP contribution in [0.1, 0.15) is 16.7 Å². The molecule has 7 nitrogen and oxygen atoms in total. The lowest BCUT2D eigenvalue weighted by molar-refractivity contribution is -0.112. The number of nitrogens with zero attached hydrogens (tertiary/aromatic N) is 1. The van der Waals surface area contributed by atoms with Gasteiger partial charge in [-0.25, -0.2) is 0 Å². The van der Waals surface area contributed by atoms with Crippen molar-refractivity contribution in [3.05, 3.63) is 86.4 Å². The maximum Gasteiger partial charge on any atom is 0.339 e. The minimum absolute atomic E-state index is 0.0133. The molecule has 1 amide bonds. The summed E-state index contributed by atoms with van der Waals surface area (Å²) in [5, 5.41) is 12.6. The Morgan fingerprint density at radius 1 is 1.11 bits per heavy atom. The van der Waals surface area contributed by atoms with Crippen molar-refractivity contribution in [1.82, 2.24) is 0 Å². The molecule has 0 atom stereocenters. The van der Waals surface area contributed by atoms with Gasteiger partial charge in [-0.05, 0) is 83.4 Å². The zero-order chi connectivity index (χ0) is 25.8. The Hall–Kier alpha value is -3.32. The molecular weight excluding hydrogens is 556 g/mol. The van der Waals surface area contributed by atoms with Crippen LogP contribution in [-0.4, -0.2) is 21.4 Å². The van der Waals surface area contributed by atoms with Gasteiger partial charge >= 0.3 is 10.1 Å². The highest BCUT2D eigenvalue weighted by atomic mass is 79.9. The van der Waals surface area contributed by atoms with E-state index in [1.807, 2.05) is 19.9 Å². The summed E-state index contributed by atoms with van der Waals surface area (Å²) in [7, 11) is -2.79. The van der Waals surface area contributed by atoms with Gasteiger partial charge in [-0.15, -0.1) is 0 Å². The van der Waals surface area contributed by atoms with E-state index in [1.165, 1.54) is 37.5 Å². The van der Waals surface area contributed by atoms with Crippen LogP contribution in [0.2, 0.25) is 5.02 Å². The Labute approximate surface area is 217 Å². The van der Waals surface area contributed by atoms with Crippen LogP contribution >= 0.6 is 27.5 Å². The van der Waals surface area contributed by atoms with E-state index in [9.17, 15) is 18.5 Å². The minimum Gasteiger partial charge on any atom is -0.493 e. The molecule has 180 valence electrons. The molecule has 0 saturated heterocycles. The second kappa shape index (κ2) is 11.0. The van der Waals surface area contributed by atoms with Crippen molar-refractivity contribution in [2.24, 2.45) is 0 Å². The maximum absolute atomic E-state index is 12.7. The molecule has 10 heteroatoms. The van der Waals surface area contributed by atoms with Gasteiger partial charge in [0.05, 0.1) is 11.6 Å². The zero-order valence-corrected chi connectivity index (χ0v) is 22.1. The van der Waals surface area contributed by atoms with Crippen molar-refractivity contribution < 1.29 is 22.1 Å². The molecule has 1 N–H and O–H groups in total. The second-order valence-electron chi connectivity index (χ2n) is 7.47. The topological polar surface area (TPSA) is 105 Å². The van der Waals surface area contributed by atoms with Crippen LogP contribution in [0, 0.1) is 25.2 Å². The molecule has 0 unspecified atom stereocenters. The number of amides is 1. The molecule has 0 heterocycles. The van der Waals surface area contributed by atoms with Crippen molar-refractivity contribution in [2.75, 3.05) is 12.4 Å². The first-order chi connectivity index (χ1) is 16.5. The van der Waals surface area contributed by atoms with Gasteiger partial charge in [0.25, 0.3) is 5.91 Å². The summed E-state index contributed by atoms with van der Waals surface area (Å²) in [4.78, 5) is 12.6. The molecule has 0 bridgehead atoms. The number of carbonyl (C=O) groups is 1. The highest BCUT2D eigenvalue weighted by Crippen LogP contribution is 2.39. The number of methoxy groups -OCH3 is 1. The third-order valence-corrected chi connectivity index (χ3v) is 7.09. The predicted molar refractivity (Wildman–Crippen MR) is 138 cm³/mol. The maximum atomic E-state index is 12.7. The number of aryl methyl sites for hydroxylation is 2. The molecule has 0 spiro atoms. The highest BCUT2D eigenvalue weighted by Gasteiger charge is 2.22. The molecule has 35 heavy (non-hydrogen) atoms. The van der Waals surface area contributed by atoms with E-state index in [-0.39, 0.29) is 26.4 Å². The van der Waals surface area contributed by atoms with Crippen LogP contribution < -0.4 is 14.2 Å². The molecule has 0 radical (unpaired) electrons. The van der Waals surface area contributed by atoms with Gasteiger partial charge in [0.15, 0.2) is 11.5 Å². The smallest absolute Gasteiger partial charge is 0.339 e. The quantitative estimate of drug-likeness (QED) is 0.209. The molecule has 0 aliphatic rings. The van der Waals surface area contributed by atoms with E-state index in [0.717, 1.165) is 11.1 Å². The Balaban J connectivity index is 1.90. The molecule has 0 saturated carbocycles. The molecule has 3 rings (SSSR count). The lowest BCUT2D eigenvalue weighted by atomic mass is 10.1. The van der Waals surface area contributed by atoms with E-state index < -0.39 is 16.0 Å². The average Bonchev–Trinajstić information content (AvgIpc) is 2.81. The fraction of sp³-hybridized carbons (Fsp3) is 0.120.